The van der Waals surface area contributed by atoms with E-state index in [1.165, 1.54) is 0 Å². The summed E-state index contributed by atoms with van der Waals surface area (Å²) in [6.07, 6.45) is 1.78. The summed E-state index contributed by atoms with van der Waals surface area (Å²) in [5.41, 5.74) is 3.77. The van der Waals surface area contributed by atoms with E-state index in [0.717, 1.165) is 28.1 Å². The van der Waals surface area contributed by atoms with Gasteiger partial charge in [-0.1, -0.05) is 17.7 Å². The van der Waals surface area contributed by atoms with Crippen molar-refractivity contribution in [2.24, 2.45) is 0 Å². The third kappa shape index (κ3) is 3.60. The van der Waals surface area contributed by atoms with Crippen molar-refractivity contribution >= 4 is 23.2 Å². The first-order valence-corrected chi connectivity index (χ1v) is 7.44. The molecule has 5 heteroatoms. The molecule has 2 aromatic rings. The molecule has 112 valence electrons. The zero-order valence-electron chi connectivity index (χ0n) is 12.2. The lowest BCUT2D eigenvalue weighted by atomic mass is 10.1. The third-order valence-electron chi connectivity index (χ3n) is 3.26. The first-order valence-electron chi connectivity index (χ1n) is 6.53. The second kappa shape index (κ2) is 7.01. The van der Waals surface area contributed by atoms with E-state index in [0.29, 0.717) is 23.3 Å². The van der Waals surface area contributed by atoms with E-state index in [9.17, 15) is 0 Å². The fraction of sp³-hybridized carbons (Fsp3) is 0.312. The summed E-state index contributed by atoms with van der Waals surface area (Å²) in [6.45, 7) is 4.27. The van der Waals surface area contributed by atoms with Crippen LogP contribution in [0.3, 0.4) is 0 Å². The summed E-state index contributed by atoms with van der Waals surface area (Å²) in [5, 5.41) is 0.546. The second-order valence-corrected chi connectivity index (χ2v) is 5.41. The fourth-order valence-electron chi connectivity index (χ4n) is 2.11. The molecule has 0 radical (unpaired) electrons. The van der Waals surface area contributed by atoms with E-state index in [-0.39, 0.29) is 0 Å². The van der Waals surface area contributed by atoms with Gasteiger partial charge >= 0.3 is 0 Å². The highest BCUT2D eigenvalue weighted by molar-refractivity contribution is 6.32. The molecule has 0 saturated carbocycles. The average molecular weight is 326 g/mol. The number of alkyl halides is 1. The van der Waals surface area contributed by atoms with Gasteiger partial charge in [0, 0.05) is 23.2 Å². The van der Waals surface area contributed by atoms with Crippen LogP contribution >= 0.6 is 23.2 Å². The predicted octanol–water partition coefficient (Wildman–Crippen LogP) is 4.68. The molecule has 1 aromatic carbocycles. The third-order valence-corrected chi connectivity index (χ3v) is 3.87. The molecule has 0 bridgehead atoms. The molecular formula is C16H17Cl2NO2. The zero-order valence-corrected chi connectivity index (χ0v) is 13.8. The van der Waals surface area contributed by atoms with Gasteiger partial charge in [-0.15, -0.1) is 11.6 Å². The summed E-state index contributed by atoms with van der Waals surface area (Å²) >= 11 is 11.9. The number of nitrogens with zero attached hydrogens (tertiary/aromatic N) is 1. The molecule has 0 unspecified atom stereocenters. The Bertz CT molecular complexity index is 644. The maximum absolute atomic E-state index is 6.17. The van der Waals surface area contributed by atoms with Crippen LogP contribution in [0.2, 0.25) is 5.02 Å². The van der Waals surface area contributed by atoms with Crippen molar-refractivity contribution in [2.45, 2.75) is 26.3 Å². The highest BCUT2D eigenvalue weighted by atomic mass is 35.5. The van der Waals surface area contributed by atoms with E-state index in [4.69, 9.17) is 32.7 Å². The maximum atomic E-state index is 6.17. The predicted molar refractivity (Wildman–Crippen MR) is 85.6 cm³/mol. The number of hydrogen-bond donors (Lipinski definition) is 0. The van der Waals surface area contributed by atoms with E-state index in [2.05, 4.69) is 4.98 Å². The van der Waals surface area contributed by atoms with Gasteiger partial charge in [-0.3, -0.25) is 4.98 Å². The molecule has 0 spiro atoms. The highest BCUT2D eigenvalue weighted by Crippen LogP contribution is 2.28. The Morgan fingerprint density at radius 3 is 2.62 bits per heavy atom. The van der Waals surface area contributed by atoms with Crippen LogP contribution in [-0.4, -0.2) is 12.1 Å². The first-order chi connectivity index (χ1) is 10.1. The number of hydrogen-bond acceptors (Lipinski definition) is 3. The van der Waals surface area contributed by atoms with Crippen LogP contribution in [0.4, 0.5) is 0 Å². The topological polar surface area (TPSA) is 31.4 Å². The van der Waals surface area contributed by atoms with E-state index in [1.54, 1.807) is 19.4 Å². The normalized spacial score (nSPS) is 10.5. The molecule has 2 rings (SSSR count). The van der Waals surface area contributed by atoms with Crippen molar-refractivity contribution in [2.75, 3.05) is 7.11 Å². The van der Waals surface area contributed by atoms with Gasteiger partial charge in [0.1, 0.15) is 18.1 Å². The fourth-order valence-corrected chi connectivity index (χ4v) is 2.53. The molecular weight excluding hydrogens is 309 g/mol. The van der Waals surface area contributed by atoms with E-state index < -0.39 is 0 Å². The van der Waals surface area contributed by atoms with Crippen molar-refractivity contribution in [3.05, 3.63) is 51.8 Å². The summed E-state index contributed by atoms with van der Waals surface area (Å²) in [5.74, 6) is 1.88. The van der Waals surface area contributed by atoms with Gasteiger partial charge in [0.05, 0.1) is 17.8 Å². The minimum Gasteiger partial charge on any atom is -0.496 e. The number of halogens is 2. The molecule has 21 heavy (non-hydrogen) atoms. The largest absolute Gasteiger partial charge is 0.496 e. The first kappa shape index (κ1) is 15.9. The maximum Gasteiger partial charge on any atom is 0.138 e. The van der Waals surface area contributed by atoms with Crippen molar-refractivity contribution in [1.29, 1.82) is 0 Å². The Morgan fingerprint density at radius 1 is 1.24 bits per heavy atom. The van der Waals surface area contributed by atoms with Gasteiger partial charge in [-0.25, -0.2) is 0 Å². The number of ether oxygens (including phenoxy) is 2. The quantitative estimate of drug-likeness (QED) is 0.748. The molecule has 0 aliphatic rings. The van der Waals surface area contributed by atoms with Gasteiger partial charge in [0.15, 0.2) is 0 Å². The van der Waals surface area contributed by atoms with E-state index >= 15 is 0 Å². The lowest BCUT2D eigenvalue weighted by Crippen LogP contribution is -2.04. The minimum absolute atomic E-state index is 0.336. The van der Waals surface area contributed by atoms with Crippen molar-refractivity contribution < 1.29 is 9.47 Å². The molecule has 0 fully saturated rings. The summed E-state index contributed by atoms with van der Waals surface area (Å²) in [7, 11) is 1.65. The molecule has 0 aliphatic heterocycles. The molecule has 3 nitrogen and oxygen atoms in total. The standard InChI is InChI=1S/C16H17Cl2NO2/c1-10-8-19-14(11(2)16(10)20-3)9-21-15-5-4-12(7-17)6-13(15)18/h4-6,8H,7,9H2,1-3H3. The lowest BCUT2D eigenvalue weighted by molar-refractivity contribution is 0.299. The summed E-state index contributed by atoms with van der Waals surface area (Å²) in [4.78, 5) is 4.40. The van der Waals surface area contributed by atoms with Gasteiger partial charge in [-0.05, 0) is 31.5 Å². The van der Waals surface area contributed by atoms with E-state index in [1.807, 2.05) is 26.0 Å². The van der Waals surface area contributed by atoms with Crippen LogP contribution in [0, 0.1) is 13.8 Å². The van der Waals surface area contributed by atoms with Gasteiger partial charge < -0.3 is 9.47 Å². The lowest BCUT2D eigenvalue weighted by Gasteiger charge is -2.13. The molecule has 0 aliphatic carbocycles. The van der Waals surface area contributed by atoms with Gasteiger partial charge in [0.25, 0.3) is 0 Å². The molecule has 0 N–H and O–H groups in total. The number of rotatable bonds is 5. The van der Waals surface area contributed by atoms with Crippen LogP contribution in [-0.2, 0) is 12.5 Å². The molecule has 1 heterocycles. The Labute approximate surface area is 134 Å². The summed E-state index contributed by atoms with van der Waals surface area (Å²) < 4.78 is 11.1. The Morgan fingerprint density at radius 2 is 2.00 bits per heavy atom. The smallest absolute Gasteiger partial charge is 0.138 e. The number of aromatic nitrogens is 1. The minimum atomic E-state index is 0.336. The van der Waals surface area contributed by atoms with Crippen molar-refractivity contribution in [3.8, 4) is 11.5 Å². The molecule has 0 saturated heterocycles. The number of aryl methyl sites for hydroxylation is 1. The Kier molecular flexibility index (Phi) is 5.32. The number of pyridine rings is 1. The monoisotopic (exact) mass is 325 g/mol. The highest BCUT2D eigenvalue weighted by Gasteiger charge is 2.11. The van der Waals surface area contributed by atoms with Crippen molar-refractivity contribution in [3.63, 3.8) is 0 Å². The van der Waals surface area contributed by atoms with Gasteiger partial charge in [-0.2, -0.15) is 0 Å². The zero-order chi connectivity index (χ0) is 15.4. The van der Waals surface area contributed by atoms with Crippen LogP contribution in [0.15, 0.2) is 24.4 Å². The van der Waals surface area contributed by atoms with Crippen LogP contribution in [0.5, 0.6) is 11.5 Å². The van der Waals surface area contributed by atoms with Crippen LogP contribution in [0.25, 0.3) is 0 Å². The number of benzene rings is 1. The molecule has 0 atom stereocenters. The Hall–Kier alpha value is -1.45. The van der Waals surface area contributed by atoms with Crippen LogP contribution < -0.4 is 9.47 Å². The summed E-state index contributed by atoms with van der Waals surface area (Å²) in [6, 6.07) is 5.52. The molecule has 0 amide bonds. The average Bonchev–Trinajstić information content (AvgIpc) is 2.48. The SMILES string of the molecule is COc1c(C)cnc(COc2ccc(CCl)cc2Cl)c1C. The number of methoxy groups -OCH3 is 1. The van der Waals surface area contributed by atoms with Crippen molar-refractivity contribution in [1.82, 2.24) is 4.98 Å². The Balaban J connectivity index is 2.17. The molecule has 1 aromatic heterocycles. The second-order valence-electron chi connectivity index (χ2n) is 4.73. The van der Waals surface area contributed by atoms with Crippen LogP contribution in [0.1, 0.15) is 22.4 Å². The van der Waals surface area contributed by atoms with Gasteiger partial charge in [0.2, 0.25) is 0 Å².